The molecule has 0 aliphatic heterocycles. The molecule has 0 spiro atoms. The van der Waals surface area contributed by atoms with Gasteiger partial charge in [-0.15, -0.1) is 0 Å². The van der Waals surface area contributed by atoms with Gasteiger partial charge in [0.15, 0.2) is 6.10 Å². The zero-order valence-corrected chi connectivity index (χ0v) is 43.0. The molecular weight excluding hydrogens is 805 g/mol. The second-order valence-corrected chi connectivity index (χ2v) is 18.5. The third-order valence-electron chi connectivity index (χ3n) is 12.0. The lowest BCUT2D eigenvalue weighted by molar-refractivity contribution is -0.167. The first-order valence-corrected chi connectivity index (χ1v) is 27.8. The SMILES string of the molecule is CC/C=C\C/C=C\C/C=C\C/C=C\C/C=C\CCCCCC(=O)OC[C@H](COC(=O)CCCCCCCCCCCCCCCCCCC)OC(=O)CCCCCCCCCCCCC. The third-order valence-corrected chi connectivity index (χ3v) is 12.0. The maximum Gasteiger partial charge on any atom is 0.306 e. The van der Waals surface area contributed by atoms with Gasteiger partial charge in [-0.2, -0.15) is 0 Å². The van der Waals surface area contributed by atoms with Crippen LogP contribution in [0.3, 0.4) is 0 Å². The van der Waals surface area contributed by atoms with E-state index in [-0.39, 0.29) is 31.1 Å². The predicted octanol–water partition coefficient (Wildman–Crippen LogP) is 18.4. The van der Waals surface area contributed by atoms with Gasteiger partial charge in [0, 0.05) is 19.3 Å². The highest BCUT2D eigenvalue weighted by molar-refractivity contribution is 5.71. The highest BCUT2D eigenvalue weighted by Crippen LogP contribution is 2.16. The molecule has 6 nitrogen and oxygen atoms in total. The summed E-state index contributed by atoms with van der Waals surface area (Å²) in [6.45, 7) is 6.52. The largest absolute Gasteiger partial charge is 0.462 e. The van der Waals surface area contributed by atoms with Gasteiger partial charge in [-0.25, -0.2) is 0 Å². The van der Waals surface area contributed by atoms with E-state index < -0.39 is 6.10 Å². The number of carbonyl (C=O) groups is 3. The van der Waals surface area contributed by atoms with Crippen molar-refractivity contribution >= 4 is 17.9 Å². The van der Waals surface area contributed by atoms with Crippen LogP contribution >= 0.6 is 0 Å². The Morgan fingerprint density at radius 1 is 0.323 bits per heavy atom. The molecule has 0 bridgehead atoms. The number of rotatable bonds is 50. The summed E-state index contributed by atoms with van der Waals surface area (Å²) in [6, 6.07) is 0. The second-order valence-electron chi connectivity index (χ2n) is 18.5. The first-order valence-electron chi connectivity index (χ1n) is 27.8. The lowest BCUT2D eigenvalue weighted by atomic mass is 10.0. The molecular formula is C59H104O6. The van der Waals surface area contributed by atoms with Gasteiger partial charge in [-0.05, 0) is 64.2 Å². The molecule has 6 heteroatoms. The number of ether oxygens (including phenoxy) is 3. The highest BCUT2D eigenvalue weighted by atomic mass is 16.6. The van der Waals surface area contributed by atoms with Crippen LogP contribution in [0.2, 0.25) is 0 Å². The van der Waals surface area contributed by atoms with Crippen molar-refractivity contribution in [1.82, 2.24) is 0 Å². The first kappa shape index (κ1) is 62.1. The van der Waals surface area contributed by atoms with Crippen molar-refractivity contribution in [1.29, 1.82) is 0 Å². The van der Waals surface area contributed by atoms with Crippen LogP contribution in [0.1, 0.15) is 278 Å². The topological polar surface area (TPSA) is 78.9 Å². The minimum absolute atomic E-state index is 0.0810. The van der Waals surface area contributed by atoms with Crippen LogP contribution in [0.5, 0.6) is 0 Å². The Morgan fingerprint density at radius 2 is 0.600 bits per heavy atom. The van der Waals surface area contributed by atoms with E-state index in [1.165, 1.54) is 141 Å². The molecule has 0 amide bonds. The average Bonchev–Trinajstić information content (AvgIpc) is 3.30. The second kappa shape index (κ2) is 53.7. The van der Waals surface area contributed by atoms with Gasteiger partial charge < -0.3 is 14.2 Å². The zero-order chi connectivity index (χ0) is 47.2. The van der Waals surface area contributed by atoms with E-state index in [0.717, 1.165) is 96.3 Å². The molecule has 0 rings (SSSR count). The first-order chi connectivity index (χ1) is 32.0. The molecule has 0 saturated heterocycles. The molecule has 0 radical (unpaired) electrons. The van der Waals surface area contributed by atoms with Gasteiger partial charge in [0.1, 0.15) is 13.2 Å². The Kier molecular flexibility index (Phi) is 51.3. The summed E-state index contributed by atoms with van der Waals surface area (Å²) in [5.74, 6) is -0.904. The molecule has 0 aliphatic rings. The van der Waals surface area contributed by atoms with E-state index in [1.54, 1.807) is 0 Å². The summed E-state index contributed by atoms with van der Waals surface area (Å²) in [5, 5.41) is 0. The summed E-state index contributed by atoms with van der Waals surface area (Å²) in [5.41, 5.74) is 0. The molecule has 376 valence electrons. The standard InChI is InChI=1S/C59H104O6/c1-4-7-10-13-16-19-22-24-26-28-29-31-33-35-38-40-43-46-49-52-58(61)64-55-56(65-59(62)53-50-47-44-41-36-21-18-15-12-9-6-3)54-63-57(60)51-48-45-42-39-37-34-32-30-27-25-23-20-17-14-11-8-5-2/h7,10,16,19,24,26,29,31,35,38,56H,4-6,8-9,11-15,17-18,20-23,25,27-28,30,32-34,36-37,39-55H2,1-3H3/b10-7-,19-16-,26-24-,31-29-,38-35-/t56-/m0/s1. The Balaban J connectivity index is 4.36. The van der Waals surface area contributed by atoms with Crippen molar-refractivity contribution in [2.75, 3.05) is 13.2 Å². The van der Waals surface area contributed by atoms with Crippen molar-refractivity contribution in [3.63, 3.8) is 0 Å². The summed E-state index contributed by atoms with van der Waals surface area (Å²) in [6.07, 6.45) is 66.4. The molecule has 0 saturated carbocycles. The number of hydrogen-bond donors (Lipinski definition) is 0. The minimum Gasteiger partial charge on any atom is -0.462 e. The molecule has 0 fully saturated rings. The fourth-order valence-electron chi connectivity index (χ4n) is 7.88. The van der Waals surface area contributed by atoms with Gasteiger partial charge in [-0.1, -0.05) is 255 Å². The zero-order valence-electron chi connectivity index (χ0n) is 43.0. The summed E-state index contributed by atoms with van der Waals surface area (Å²) in [7, 11) is 0. The van der Waals surface area contributed by atoms with Crippen LogP contribution < -0.4 is 0 Å². The molecule has 65 heavy (non-hydrogen) atoms. The Labute approximate surface area is 402 Å². The Bertz CT molecular complexity index is 1180. The molecule has 0 aromatic carbocycles. The quantitative estimate of drug-likeness (QED) is 0.0262. The van der Waals surface area contributed by atoms with Crippen LogP contribution in [-0.4, -0.2) is 37.2 Å². The molecule has 0 heterocycles. The van der Waals surface area contributed by atoms with Crippen molar-refractivity contribution in [3.8, 4) is 0 Å². The lowest BCUT2D eigenvalue weighted by Gasteiger charge is -2.18. The van der Waals surface area contributed by atoms with E-state index in [9.17, 15) is 14.4 Å². The number of allylic oxidation sites excluding steroid dienone is 10. The van der Waals surface area contributed by atoms with Crippen molar-refractivity contribution in [2.24, 2.45) is 0 Å². The van der Waals surface area contributed by atoms with E-state index in [4.69, 9.17) is 14.2 Å². The lowest BCUT2D eigenvalue weighted by Crippen LogP contribution is -2.30. The van der Waals surface area contributed by atoms with E-state index in [1.807, 2.05) is 0 Å². The normalized spacial score (nSPS) is 12.5. The molecule has 0 unspecified atom stereocenters. The molecule has 1 atom stereocenters. The molecule has 0 aliphatic carbocycles. The van der Waals surface area contributed by atoms with Gasteiger partial charge in [0.25, 0.3) is 0 Å². The third kappa shape index (κ3) is 51.9. The van der Waals surface area contributed by atoms with Crippen LogP contribution in [0.25, 0.3) is 0 Å². The van der Waals surface area contributed by atoms with Crippen LogP contribution in [0.15, 0.2) is 60.8 Å². The summed E-state index contributed by atoms with van der Waals surface area (Å²) < 4.78 is 16.8. The highest BCUT2D eigenvalue weighted by Gasteiger charge is 2.19. The maximum absolute atomic E-state index is 12.8. The van der Waals surface area contributed by atoms with Crippen molar-refractivity contribution in [2.45, 2.75) is 284 Å². The monoisotopic (exact) mass is 909 g/mol. The van der Waals surface area contributed by atoms with E-state index in [0.29, 0.717) is 19.3 Å². The van der Waals surface area contributed by atoms with Gasteiger partial charge in [0.05, 0.1) is 0 Å². The van der Waals surface area contributed by atoms with Crippen LogP contribution in [0.4, 0.5) is 0 Å². The van der Waals surface area contributed by atoms with Gasteiger partial charge in [-0.3, -0.25) is 14.4 Å². The van der Waals surface area contributed by atoms with Crippen LogP contribution in [0, 0.1) is 0 Å². The smallest absolute Gasteiger partial charge is 0.306 e. The van der Waals surface area contributed by atoms with Crippen LogP contribution in [-0.2, 0) is 28.6 Å². The summed E-state index contributed by atoms with van der Waals surface area (Å²) in [4.78, 5) is 38.0. The number of unbranched alkanes of at least 4 members (excludes halogenated alkanes) is 29. The fourth-order valence-corrected chi connectivity index (χ4v) is 7.88. The number of hydrogen-bond acceptors (Lipinski definition) is 6. The number of esters is 3. The molecule has 0 aromatic rings. The van der Waals surface area contributed by atoms with Gasteiger partial charge >= 0.3 is 17.9 Å². The summed E-state index contributed by atoms with van der Waals surface area (Å²) >= 11 is 0. The van der Waals surface area contributed by atoms with E-state index in [2.05, 4.69) is 81.5 Å². The fraction of sp³-hybridized carbons (Fsp3) is 0.780. The maximum atomic E-state index is 12.8. The van der Waals surface area contributed by atoms with Gasteiger partial charge in [0.2, 0.25) is 0 Å². The average molecular weight is 909 g/mol. The van der Waals surface area contributed by atoms with Crippen molar-refractivity contribution < 1.29 is 28.6 Å². The predicted molar refractivity (Wildman–Crippen MR) is 279 cm³/mol. The number of carbonyl (C=O) groups excluding carboxylic acids is 3. The Hall–Kier alpha value is -2.89. The minimum atomic E-state index is -0.783. The molecule has 0 N–H and O–H groups in total. The van der Waals surface area contributed by atoms with E-state index >= 15 is 0 Å². The Morgan fingerprint density at radius 3 is 0.938 bits per heavy atom. The molecule has 0 aromatic heterocycles. The van der Waals surface area contributed by atoms with Crippen molar-refractivity contribution in [3.05, 3.63) is 60.8 Å².